The maximum Gasteiger partial charge on any atom is 0.247 e. The van der Waals surface area contributed by atoms with E-state index >= 15 is 0 Å². The van der Waals surface area contributed by atoms with Crippen LogP contribution < -0.4 is 5.32 Å². The van der Waals surface area contributed by atoms with Crippen molar-refractivity contribution in [2.24, 2.45) is 0 Å². The fourth-order valence-corrected chi connectivity index (χ4v) is 5.12. The Labute approximate surface area is 210 Å². The SMILES string of the molecule is CCc1nn2c(C)cc(C)nc2c1Cc1ccc(-c2nnc(C3CCN(C(C=O)NC)CC3)o2)cc1. The lowest BCUT2D eigenvalue weighted by molar-refractivity contribution is -0.113. The quantitative estimate of drug-likeness (QED) is 0.377. The zero-order valence-electron chi connectivity index (χ0n) is 21.4. The molecule has 4 aromatic rings. The summed E-state index contributed by atoms with van der Waals surface area (Å²) >= 11 is 0. The van der Waals surface area contributed by atoms with Crippen LogP contribution in [-0.4, -0.2) is 62.3 Å². The van der Waals surface area contributed by atoms with Crippen LogP contribution in [0.5, 0.6) is 0 Å². The van der Waals surface area contributed by atoms with Crippen LogP contribution in [0, 0.1) is 13.8 Å². The molecule has 1 aromatic carbocycles. The minimum Gasteiger partial charge on any atom is -0.420 e. The number of nitrogens with one attached hydrogen (secondary N) is 1. The third-order valence-corrected chi connectivity index (χ3v) is 7.13. The van der Waals surface area contributed by atoms with Crippen LogP contribution in [0.15, 0.2) is 34.7 Å². The Morgan fingerprint density at radius 3 is 2.58 bits per heavy atom. The summed E-state index contributed by atoms with van der Waals surface area (Å²) in [4.78, 5) is 18.1. The number of likely N-dealkylation sites (N-methyl/N-ethyl adjacent to an activating group) is 1. The van der Waals surface area contributed by atoms with Gasteiger partial charge in [0.15, 0.2) is 11.9 Å². The zero-order valence-corrected chi connectivity index (χ0v) is 21.4. The summed E-state index contributed by atoms with van der Waals surface area (Å²) in [6, 6.07) is 10.4. The van der Waals surface area contributed by atoms with E-state index in [-0.39, 0.29) is 12.1 Å². The van der Waals surface area contributed by atoms with Crippen molar-refractivity contribution in [2.75, 3.05) is 20.1 Å². The highest BCUT2D eigenvalue weighted by Gasteiger charge is 2.28. The van der Waals surface area contributed by atoms with Gasteiger partial charge in [0.25, 0.3) is 0 Å². The highest BCUT2D eigenvalue weighted by atomic mass is 16.4. The average molecular weight is 488 g/mol. The van der Waals surface area contributed by atoms with Crippen molar-refractivity contribution in [3.63, 3.8) is 0 Å². The molecule has 4 heterocycles. The number of aromatic nitrogens is 5. The van der Waals surface area contributed by atoms with Crippen LogP contribution in [-0.2, 0) is 17.6 Å². The number of hydrogen-bond acceptors (Lipinski definition) is 8. The van der Waals surface area contributed by atoms with E-state index in [2.05, 4.69) is 52.5 Å². The molecule has 0 amide bonds. The van der Waals surface area contributed by atoms with Gasteiger partial charge in [-0.15, -0.1) is 10.2 Å². The van der Waals surface area contributed by atoms with Gasteiger partial charge in [-0.1, -0.05) is 19.1 Å². The molecule has 1 N–H and O–H groups in total. The number of rotatable bonds is 8. The van der Waals surface area contributed by atoms with Crippen LogP contribution in [0.4, 0.5) is 0 Å². The molecule has 1 aliphatic rings. The van der Waals surface area contributed by atoms with E-state index in [9.17, 15) is 4.79 Å². The van der Waals surface area contributed by atoms with Gasteiger partial charge in [0.2, 0.25) is 11.8 Å². The molecule has 9 heteroatoms. The molecule has 5 rings (SSSR count). The lowest BCUT2D eigenvalue weighted by Gasteiger charge is -2.33. The first kappa shape index (κ1) is 24.3. The van der Waals surface area contributed by atoms with Crippen molar-refractivity contribution in [2.45, 2.75) is 58.5 Å². The number of fused-ring (bicyclic) bond motifs is 1. The monoisotopic (exact) mass is 487 g/mol. The Hall–Kier alpha value is -3.43. The Kier molecular flexibility index (Phi) is 6.93. The summed E-state index contributed by atoms with van der Waals surface area (Å²) in [6.45, 7) is 7.86. The Bertz CT molecular complexity index is 1350. The Morgan fingerprint density at radius 2 is 1.92 bits per heavy atom. The second kappa shape index (κ2) is 10.3. The summed E-state index contributed by atoms with van der Waals surface area (Å²) in [5.41, 5.74) is 7.40. The second-order valence-corrected chi connectivity index (χ2v) is 9.55. The second-order valence-electron chi connectivity index (χ2n) is 9.55. The highest BCUT2D eigenvalue weighted by Crippen LogP contribution is 2.30. The van der Waals surface area contributed by atoms with Crippen molar-refractivity contribution < 1.29 is 9.21 Å². The van der Waals surface area contributed by atoms with Crippen molar-refractivity contribution in [3.05, 3.63) is 64.4 Å². The number of benzene rings is 1. The van der Waals surface area contributed by atoms with Crippen LogP contribution in [0.25, 0.3) is 17.1 Å². The molecule has 0 aliphatic carbocycles. The van der Waals surface area contributed by atoms with Crippen molar-refractivity contribution in [1.29, 1.82) is 0 Å². The van der Waals surface area contributed by atoms with Gasteiger partial charge in [-0.3, -0.25) is 10.2 Å². The van der Waals surface area contributed by atoms with E-state index in [1.165, 1.54) is 11.1 Å². The predicted molar refractivity (Wildman–Crippen MR) is 137 cm³/mol. The molecule has 3 aromatic heterocycles. The van der Waals surface area contributed by atoms with E-state index in [0.29, 0.717) is 11.8 Å². The number of aldehydes is 1. The number of carbonyl (C=O) groups excluding carboxylic acids is 1. The summed E-state index contributed by atoms with van der Waals surface area (Å²) in [5.74, 6) is 1.43. The molecular formula is C27H33N7O2. The van der Waals surface area contributed by atoms with Crippen molar-refractivity contribution in [1.82, 2.24) is 35.0 Å². The van der Waals surface area contributed by atoms with E-state index in [1.807, 2.05) is 23.6 Å². The van der Waals surface area contributed by atoms with Gasteiger partial charge < -0.3 is 9.21 Å². The van der Waals surface area contributed by atoms with Gasteiger partial charge in [0, 0.05) is 47.9 Å². The van der Waals surface area contributed by atoms with Gasteiger partial charge >= 0.3 is 0 Å². The first-order chi connectivity index (χ1) is 17.5. The molecule has 1 fully saturated rings. The molecule has 0 radical (unpaired) electrons. The minimum atomic E-state index is -0.235. The summed E-state index contributed by atoms with van der Waals surface area (Å²) < 4.78 is 8.03. The fourth-order valence-electron chi connectivity index (χ4n) is 5.12. The number of hydrogen-bond donors (Lipinski definition) is 1. The smallest absolute Gasteiger partial charge is 0.247 e. The number of piperidine rings is 1. The van der Waals surface area contributed by atoms with Gasteiger partial charge in [0.1, 0.15) is 6.17 Å². The molecule has 0 bridgehead atoms. The standard InChI is InChI=1S/C27H33N7O2/c1-5-23-22(25-29-17(2)14-18(3)34(25)32-23)15-19-6-8-20(9-7-19)26-30-31-27(36-26)21-10-12-33(13-11-21)24(16-35)28-4/h6-9,14,16,21,24,28H,5,10-13,15H2,1-4H3. The lowest BCUT2D eigenvalue weighted by Crippen LogP contribution is -2.48. The van der Waals surface area contributed by atoms with Crippen LogP contribution in [0.2, 0.25) is 0 Å². The van der Waals surface area contributed by atoms with Gasteiger partial charge in [-0.2, -0.15) is 5.10 Å². The zero-order chi connectivity index (χ0) is 25.2. The highest BCUT2D eigenvalue weighted by molar-refractivity contribution is 5.57. The largest absolute Gasteiger partial charge is 0.420 e. The number of carbonyl (C=O) groups is 1. The van der Waals surface area contributed by atoms with Gasteiger partial charge in [0.05, 0.1) is 5.69 Å². The third kappa shape index (κ3) is 4.68. The number of nitrogens with zero attached hydrogens (tertiary/aromatic N) is 6. The average Bonchev–Trinajstić information content (AvgIpc) is 3.52. The van der Waals surface area contributed by atoms with Crippen LogP contribution in [0.1, 0.15) is 59.8 Å². The maximum absolute atomic E-state index is 11.2. The first-order valence-electron chi connectivity index (χ1n) is 12.6. The summed E-state index contributed by atoms with van der Waals surface area (Å²) in [7, 11) is 1.81. The van der Waals surface area contributed by atoms with Crippen LogP contribution in [0.3, 0.4) is 0 Å². The molecule has 9 nitrogen and oxygen atoms in total. The molecule has 1 saturated heterocycles. The topological polar surface area (TPSA) is 101 Å². The van der Waals surface area contributed by atoms with E-state index in [4.69, 9.17) is 14.5 Å². The molecule has 0 spiro atoms. The van der Waals surface area contributed by atoms with Gasteiger partial charge in [-0.05, 0) is 63.9 Å². The third-order valence-electron chi connectivity index (χ3n) is 7.13. The normalized spacial score (nSPS) is 16.0. The van der Waals surface area contributed by atoms with Crippen LogP contribution >= 0.6 is 0 Å². The number of aryl methyl sites for hydroxylation is 3. The lowest BCUT2D eigenvalue weighted by atomic mass is 9.96. The summed E-state index contributed by atoms with van der Waals surface area (Å²) in [5, 5.41) is 16.5. The molecular weight excluding hydrogens is 454 g/mol. The van der Waals surface area contributed by atoms with E-state index < -0.39 is 0 Å². The Morgan fingerprint density at radius 1 is 1.17 bits per heavy atom. The molecule has 0 saturated carbocycles. The van der Waals surface area contributed by atoms with Crippen molar-refractivity contribution in [3.8, 4) is 11.5 Å². The Balaban J connectivity index is 1.30. The van der Waals surface area contributed by atoms with Crippen molar-refractivity contribution >= 4 is 11.9 Å². The molecule has 188 valence electrons. The predicted octanol–water partition coefficient (Wildman–Crippen LogP) is 3.47. The van der Waals surface area contributed by atoms with E-state index in [0.717, 1.165) is 73.4 Å². The summed E-state index contributed by atoms with van der Waals surface area (Å²) in [6.07, 6.45) is 4.12. The maximum atomic E-state index is 11.2. The molecule has 36 heavy (non-hydrogen) atoms. The van der Waals surface area contributed by atoms with Gasteiger partial charge in [-0.25, -0.2) is 9.50 Å². The first-order valence-corrected chi connectivity index (χ1v) is 12.6. The fraction of sp³-hybridized carbons (Fsp3) is 0.444. The molecule has 1 atom stereocenters. The van der Waals surface area contributed by atoms with E-state index in [1.54, 1.807) is 7.05 Å². The number of likely N-dealkylation sites (tertiary alicyclic amines) is 1. The molecule has 1 aliphatic heterocycles. The molecule has 1 unspecified atom stereocenters. The minimum absolute atomic E-state index is 0.216.